The quantitative estimate of drug-likeness (QED) is 0.672. The Kier molecular flexibility index (Phi) is 2.16. The fourth-order valence-electron chi connectivity index (χ4n) is 1.44. The van der Waals surface area contributed by atoms with Gasteiger partial charge in [-0.1, -0.05) is 20.8 Å². The first-order valence-corrected chi connectivity index (χ1v) is 5.93. The van der Waals surface area contributed by atoms with Crippen molar-refractivity contribution in [2.45, 2.75) is 26.2 Å². The van der Waals surface area contributed by atoms with E-state index in [2.05, 4.69) is 25.8 Å². The summed E-state index contributed by atoms with van der Waals surface area (Å²) in [4.78, 5) is 4.62. The highest BCUT2D eigenvalue weighted by atomic mass is 31.0. The lowest BCUT2D eigenvalue weighted by atomic mass is 9.98. The van der Waals surface area contributed by atoms with Gasteiger partial charge >= 0.3 is 0 Å². The second kappa shape index (κ2) is 3.14. The summed E-state index contributed by atoms with van der Waals surface area (Å²) in [6.45, 7) is 6.53. The molecule has 0 aliphatic heterocycles. The van der Waals surface area contributed by atoms with Crippen molar-refractivity contribution < 1.29 is 0 Å². The maximum atomic E-state index is 5.78. The van der Waals surface area contributed by atoms with Crippen LogP contribution < -0.4 is 11.5 Å². The Labute approximate surface area is 91.0 Å². The van der Waals surface area contributed by atoms with E-state index in [0.29, 0.717) is 19.6 Å². The van der Waals surface area contributed by atoms with Crippen LogP contribution in [0.4, 0.5) is 11.4 Å². The normalized spacial score (nSPS) is 12.7. The Morgan fingerprint density at radius 2 is 1.73 bits per heavy atom. The van der Waals surface area contributed by atoms with E-state index in [-0.39, 0.29) is 5.41 Å². The van der Waals surface area contributed by atoms with E-state index in [1.54, 1.807) is 0 Å². The molecule has 1 unspecified atom stereocenters. The topological polar surface area (TPSA) is 64.9 Å². The third-order valence-electron chi connectivity index (χ3n) is 2.40. The summed E-state index contributed by atoms with van der Waals surface area (Å²) >= 11 is 0. The van der Waals surface area contributed by atoms with Gasteiger partial charge in [0, 0.05) is 10.5 Å². The van der Waals surface area contributed by atoms with Crippen LogP contribution in [0.1, 0.15) is 26.2 Å². The molecule has 0 radical (unpaired) electrons. The van der Waals surface area contributed by atoms with Crippen LogP contribution in [0.5, 0.6) is 0 Å². The second-order valence-corrected chi connectivity index (χ2v) is 6.10. The molecule has 4 heteroatoms. The van der Waals surface area contributed by atoms with Crippen molar-refractivity contribution >= 4 is 30.2 Å². The molecule has 2 aromatic rings. The Morgan fingerprint density at radius 3 is 2.33 bits per heavy atom. The zero-order valence-corrected chi connectivity index (χ0v) is 10.3. The predicted molar refractivity (Wildman–Crippen MR) is 68.8 cm³/mol. The van der Waals surface area contributed by atoms with Gasteiger partial charge < -0.3 is 11.5 Å². The van der Waals surface area contributed by atoms with E-state index < -0.39 is 0 Å². The maximum absolute atomic E-state index is 5.78. The molecule has 0 fully saturated rings. The van der Waals surface area contributed by atoms with Crippen molar-refractivity contribution in [3.05, 3.63) is 17.6 Å². The molecule has 0 bridgehead atoms. The zero-order valence-electron chi connectivity index (χ0n) is 9.26. The molecular formula is C11H16N3P. The molecule has 3 nitrogen and oxygen atoms in total. The standard InChI is InChI=1S/C11H16N3P/c1-11(2,3)10-14-8-4-6(12)7(13)5-9(8)15-10/h4-5,15H,12-13H2,1-3H3. The van der Waals surface area contributed by atoms with Crippen molar-refractivity contribution in [1.29, 1.82) is 0 Å². The van der Waals surface area contributed by atoms with Gasteiger partial charge in [-0.3, -0.25) is 0 Å². The molecule has 0 aliphatic carbocycles. The Hall–Kier alpha value is -1.21. The summed E-state index contributed by atoms with van der Waals surface area (Å²) in [6, 6.07) is 3.82. The van der Waals surface area contributed by atoms with Gasteiger partial charge in [0.15, 0.2) is 0 Å². The highest BCUT2D eigenvalue weighted by molar-refractivity contribution is 7.37. The minimum absolute atomic E-state index is 0.126. The number of anilines is 2. The van der Waals surface area contributed by atoms with Gasteiger partial charge in [-0.15, -0.1) is 8.19 Å². The van der Waals surface area contributed by atoms with Gasteiger partial charge in [-0.2, -0.15) is 0 Å². The number of nitrogen functional groups attached to an aromatic ring is 2. The summed E-state index contributed by atoms with van der Waals surface area (Å²) < 4.78 is 0. The number of hydrogen-bond donors (Lipinski definition) is 2. The zero-order chi connectivity index (χ0) is 11.2. The summed E-state index contributed by atoms with van der Waals surface area (Å²) in [5.74, 6) is 0. The number of aromatic nitrogens is 1. The molecule has 2 rings (SSSR count). The van der Waals surface area contributed by atoms with Crippen LogP contribution in [-0.2, 0) is 5.41 Å². The number of nitrogens with two attached hydrogens (primary N) is 2. The molecule has 0 amide bonds. The van der Waals surface area contributed by atoms with E-state index in [1.807, 2.05) is 12.1 Å². The van der Waals surface area contributed by atoms with Crippen LogP contribution in [-0.4, -0.2) is 4.98 Å². The van der Waals surface area contributed by atoms with Crippen LogP contribution in [0.25, 0.3) is 10.6 Å². The second-order valence-electron chi connectivity index (χ2n) is 4.83. The first-order valence-electron chi connectivity index (χ1n) is 4.93. The van der Waals surface area contributed by atoms with Gasteiger partial charge in [0.1, 0.15) is 0 Å². The molecule has 1 atom stereocenters. The summed E-state index contributed by atoms with van der Waals surface area (Å²) in [6.07, 6.45) is 0. The molecule has 0 spiro atoms. The van der Waals surface area contributed by atoms with Crippen molar-refractivity contribution in [3.8, 4) is 0 Å². The number of benzene rings is 1. The SMILES string of the molecule is CC(C)(C)c1nc2cc(N)c(N)cc2[pH]1. The summed E-state index contributed by atoms with van der Waals surface area (Å²) in [5, 5.41) is 1.21. The minimum Gasteiger partial charge on any atom is -0.397 e. The Morgan fingerprint density at radius 1 is 1.13 bits per heavy atom. The van der Waals surface area contributed by atoms with E-state index in [4.69, 9.17) is 11.5 Å². The molecule has 4 N–H and O–H groups in total. The fraction of sp³-hybridized carbons (Fsp3) is 0.364. The van der Waals surface area contributed by atoms with Crippen molar-refractivity contribution in [3.63, 3.8) is 0 Å². The molecule has 1 aromatic carbocycles. The Balaban J connectivity index is 2.66. The highest BCUT2D eigenvalue weighted by Crippen LogP contribution is 2.37. The van der Waals surface area contributed by atoms with Crippen LogP contribution in [0.15, 0.2) is 12.1 Å². The molecule has 80 valence electrons. The third-order valence-corrected chi connectivity index (χ3v) is 4.17. The molecular weight excluding hydrogens is 205 g/mol. The number of hydrogen-bond acceptors (Lipinski definition) is 3. The molecule has 1 heterocycles. The van der Waals surface area contributed by atoms with Crippen LogP contribution in [0.3, 0.4) is 0 Å². The first-order chi connectivity index (χ1) is 6.88. The molecule has 0 aliphatic rings. The lowest BCUT2D eigenvalue weighted by Crippen LogP contribution is -2.09. The monoisotopic (exact) mass is 221 g/mol. The van der Waals surface area contributed by atoms with Gasteiger partial charge in [0.05, 0.1) is 22.3 Å². The summed E-state index contributed by atoms with van der Waals surface area (Å²) in [7, 11) is 0.629. The molecule has 0 saturated carbocycles. The van der Waals surface area contributed by atoms with Gasteiger partial charge in [-0.05, 0) is 12.1 Å². The Bertz CT molecular complexity index is 469. The lowest BCUT2D eigenvalue weighted by molar-refractivity contribution is 0.587. The number of fused-ring (bicyclic) bond motifs is 1. The maximum Gasteiger partial charge on any atom is 0.0769 e. The van der Waals surface area contributed by atoms with Crippen LogP contribution in [0.2, 0.25) is 0 Å². The average molecular weight is 221 g/mol. The first kappa shape index (κ1) is 10.3. The molecule has 15 heavy (non-hydrogen) atoms. The van der Waals surface area contributed by atoms with Gasteiger partial charge in [0.25, 0.3) is 0 Å². The minimum atomic E-state index is 0.126. The lowest BCUT2D eigenvalue weighted by Gasteiger charge is -2.14. The number of rotatable bonds is 0. The van der Waals surface area contributed by atoms with E-state index in [1.165, 1.54) is 10.5 Å². The predicted octanol–water partition coefficient (Wildman–Crippen LogP) is 2.73. The van der Waals surface area contributed by atoms with E-state index in [0.717, 1.165) is 5.52 Å². The van der Waals surface area contributed by atoms with Crippen LogP contribution >= 0.6 is 8.19 Å². The smallest absolute Gasteiger partial charge is 0.0769 e. The highest BCUT2D eigenvalue weighted by Gasteiger charge is 2.17. The van der Waals surface area contributed by atoms with Gasteiger partial charge in [0.2, 0.25) is 0 Å². The van der Waals surface area contributed by atoms with Crippen molar-refractivity contribution in [2.24, 2.45) is 0 Å². The molecule has 1 aromatic heterocycles. The van der Waals surface area contributed by atoms with Crippen molar-refractivity contribution in [1.82, 2.24) is 4.98 Å². The van der Waals surface area contributed by atoms with Crippen molar-refractivity contribution in [2.75, 3.05) is 11.5 Å². The number of nitrogens with zero attached hydrogens (tertiary/aromatic N) is 1. The summed E-state index contributed by atoms with van der Waals surface area (Å²) in [5.41, 5.74) is 15.2. The van der Waals surface area contributed by atoms with Gasteiger partial charge in [-0.25, -0.2) is 4.98 Å². The van der Waals surface area contributed by atoms with E-state index >= 15 is 0 Å². The fourth-order valence-corrected chi connectivity index (χ4v) is 2.74. The largest absolute Gasteiger partial charge is 0.397 e. The molecule has 0 saturated heterocycles. The van der Waals surface area contributed by atoms with E-state index in [9.17, 15) is 0 Å². The third kappa shape index (κ3) is 1.80. The van der Waals surface area contributed by atoms with Crippen LogP contribution in [0, 0.1) is 0 Å². The average Bonchev–Trinajstić information content (AvgIpc) is 2.47.